The number of pyridine rings is 1. The monoisotopic (exact) mass is 241 g/mol. The molecule has 0 radical (unpaired) electrons. The number of para-hydroxylation sites is 1. The van der Waals surface area contributed by atoms with Gasteiger partial charge in [-0.05, 0) is 18.2 Å². The number of anilines is 1. The Kier molecular flexibility index (Phi) is 2.49. The highest BCUT2D eigenvalue weighted by atomic mass is 32.1. The van der Waals surface area contributed by atoms with E-state index in [0.29, 0.717) is 5.82 Å². The second kappa shape index (κ2) is 4.14. The zero-order valence-electron chi connectivity index (χ0n) is 9.13. The lowest BCUT2D eigenvalue weighted by molar-refractivity contribution is 1.13. The summed E-state index contributed by atoms with van der Waals surface area (Å²) in [6.07, 6.45) is 2.45. The summed E-state index contributed by atoms with van der Waals surface area (Å²) >= 11 is 1.71. The third-order valence-electron chi connectivity index (χ3n) is 2.61. The number of nitrogen functional groups attached to an aromatic ring is 1. The zero-order chi connectivity index (χ0) is 11.7. The predicted molar refractivity (Wildman–Crippen MR) is 71.1 cm³/mol. The lowest BCUT2D eigenvalue weighted by atomic mass is 10.2. The number of nitrogens with two attached hydrogens (primary N) is 1. The molecule has 0 saturated carbocycles. The average Bonchev–Trinajstić information content (AvgIpc) is 2.74. The van der Waals surface area contributed by atoms with Crippen LogP contribution in [0.1, 0.15) is 10.6 Å². The Hall–Kier alpha value is -1.94. The van der Waals surface area contributed by atoms with E-state index in [1.165, 1.54) is 4.70 Å². The molecule has 0 bridgehead atoms. The molecular formula is C13H11N3S. The highest BCUT2D eigenvalue weighted by molar-refractivity contribution is 7.18. The summed E-state index contributed by atoms with van der Waals surface area (Å²) in [6, 6.07) is 12.0. The van der Waals surface area contributed by atoms with E-state index in [9.17, 15) is 0 Å². The molecule has 0 amide bonds. The van der Waals surface area contributed by atoms with Gasteiger partial charge in [-0.1, -0.05) is 18.2 Å². The Labute approximate surface area is 103 Å². The van der Waals surface area contributed by atoms with Crippen LogP contribution in [-0.4, -0.2) is 9.97 Å². The molecule has 0 spiro atoms. The molecule has 0 saturated heterocycles. The number of fused-ring (bicyclic) bond motifs is 1. The fourth-order valence-corrected chi connectivity index (χ4v) is 2.75. The molecule has 3 aromatic rings. The van der Waals surface area contributed by atoms with E-state index >= 15 is 0 Å². The van der Waals surface area contributed by atoms with E-state index in [4.69, 9.17) is 5.73 Å². The Bertz CT molecular complexity index is 627. The molecule has 3 nitrogen and oxygen atoms in total. The molecule has 1 aromatic carbocycles. The van der Waals surface area contributed by atoms with Crippen LogP contribution in [0.3, 0.4) is 0 Å². The maximum atomic E-state index is 5.83. The van der Waals surface area contributed by atoms with Crippen molar-refractivity contribution in [2.24, 2.45) is 0 Å². The van der Waals surface area contributed by atoms with Gasteiger partial charge in [0.2, 0.25) is 0 Å². The van der Waals surface area contributed by atoms with Crippen molar-refractivity contribution in [3.8, 4) is 0 Å². The summed E-state index contributed by atoms with van der Waals surface area (Å²) in [5.74, 6) is 0.590. The third kappa shape index (κ3) is 1.99. The lowest BCUT2D eigenvalue weighted by Gasteiger charge is -2.00. The number of benzene rings is 1. The number of hydrogen-bond donors (Lipinski definition) is 1. The fourth-order valence-electron chi connectivity index (χ4n) is 1.76. The first kappa shape index (κ1) is 10.2. The van der Waals surface area contributed by atoms with Gasteiger partial charge in [0.25, 0.3) is 0 Å². The van der Waals surface area contributed by atoms with E-state index in [2.05, 4.69) is 16.0 Å². The molecule has 4 heteroatoms. The summed E-state index contributed by atoms with van der Waals surface area (Å²) in [5, 5.41) is 1.07. The van der Waals surface area contributed by atoms with Crippen molar-refractivity contribution in [3.63, 3.8) is 0 Å². The smallest absolute Gasteiger partial charge is 0.126 e. The van der Waals surface area contributed by atoms with E-state index in [-0.39, 0.29) is 0 Å². The van der Waals surface area contributed by atoms with Crippen LogP contribution in [0.4, 0.5) is 5.82 Å². The molecule has 0 fully saturated rings. The van der Waals surface area contributed by atoms with Crippen molar-refractivity contribution in [1.82, 2.24) is 9.97 Å². The third-order valence-corrected chi connectivity index (χ3v) is 3.64. The van der Waals surface area contributed by atoms with E-state index < -0.39 is 0 Å². The molecule has 2 heterocycles. The minimum absolute atomic E-state index is 0.590. The number of rotatable bonds is 2. The highest BCUT2D eigenvalue weighted by Gasteiger charge is 2.06. The number of aromatic nitrogens is 2. The van der Waals surface area contributed by atoms with Crippen LogP contribution < -0.4 is 5.73 Å². The van der Waals surface area contributed by atoms with Gasteiger partial charge < -0.3 is 5.73 Å². The van der Waals surface area contributed by atoms with Gasteiger partial charge in [0, 0.05) is 18.2 Å². The topological polar surface area (TPSA) is 51.8 Å². The molecule has 17 heavy (non-hydrogen) atoms. The summed E-state index contributed by atoms with van der Waals surface area (Å²) in [6.45, 7) is 0. The fraction of sp³-hybridized carbons (Fsp3) is 0.0769. The first-order chi connectivity index (χ1) is 8.33. The Morgan fingerprint density at radius 1 is 1.12 bits per heavy atom. The summed E-state index contributed by atoms with van der Waals surface area (Å²) in [5.41, 5.74) is 7.91. The Balaban J connectivity index is 1.98. The van der Waals surface area contributed by atoms with Crippen LogP contribution in [0, 0.1) is 0 Å². The number of hydrogen-bond acceptors (Lipinski definition) is 4. The van der Waals surface area contributed by atoms with Crippen LogP contribution in [0.5, 0.6) is 0 Å². The van der Waals surface area contributed by atoms with Crippen molar-refractivity contribution in [1.29, 1.82) is 0 Å². The van der Waals surface area contributed by atoms with Gasteiger partial charge in [-0.3, -0.25) is 0 Å². The van der Waals surface area contributed by atoms with Crippen LogP contribution in [0.25, 0.3) is 10.2 Å². The largest absolute Gasteiger partial charge is 0.383 e. The summed E-state index contributed by atoms with van der Waals surface area (Å²) in [7, 11) is 0. The second-order valence-electron chi connectivity index (χ2n) is 3.80. The van der Waals surface area contributed by atoms with Crippen LogP contribution >= 0.6 is 11.3 Å². The van der Waals surface area contributed by atoms with Gasteiger partial charge in [-0.15, -0.1) is 11.3 Å². The Morgan fingerprint density at radius 2 is 2.00 bits per heavy atom. The maximum absolute atomic E-state index is 5.83. The summed E-state index contributed by atoms with van der Waals surface area (Å²) < 4.78 is 1.21. The van der Waals surface area contributed by atoms with E-state index in [0.717, 1.165) is 22.5 Å². The minimum atomic E-state index is 0.590. The molecule has 0 atom stereocenters. The SMILES string of the molecule is Nc1ncccc1Cc1nc2ccccc2s1. The average molecular weight is 241 g/mol. The molecule has 0 unspecified atom stereocenters. The molecular weight excluding hydrogens is 230 g/mol. The first-order valence-electron chi connectivity index (χ1n) is 5.37. The molecule has 0 aliphatic carbocycles. The van der Waals surface area contributed by atoms with Crippen LogP contribution in [0.15, 0.2) is 42.6 Å². The normalized spacial score (nSPS) is 10.8. The predicted octanol–water partition coefficient (Wildman–Crippen LogP) is 2.86. The van der Waals surface area contributed by atoms with Gasteiger partial charge in [0.05, 0.1) is 15.2 Å². The van der Waals surface area contributed by atoms with Crippen molar-refractivity contribution in [2.75, 3.05) is 5.73 Å². The molecule has 0 aliphatic heterocycles. The maximum Gasteiger partial charge on any atom is 0.126 e. The van der Waals surface area contributed by atoms with Crippen molar-refractivity contribution >= 4 is 27.4 Å². The molecule has 2 aromatic heterocycles. The van der Waals surface area contributed by atoms with Crippen molar-refractivity contribution < 1.29 is 0 Å². The Morgan fingerprint density at radius 3 is 2.82 bits per heavy atom. The van der Waals surface area contributed by atoms with Gasteiger partial charge >= 0.3 is 0 Å². The quantitative estimate of drug-likeness (QED) is 0.750. The molecule has 0 aliphatic rings. The standard InChI is InChI=1S/C13H11N3S/c14-13-9(4-3-7-15-13)8-12-16-10-5-1-2-6-11(10)17-12/h1-7H,8H2,(H2,14,15). The summed E-state index contributed by atoms with van der Waals surface area (Å²) in [4.78, 5) is 8.67. The minimum Gasteiger partial charge on any atom is -0.383 e. The molecule has 2 N–H and O–H groups in total. The van der Waals surface area contributed by atoms with Gasteiger partial charge in [0.15, 0.2) is 0 Å². The van der Waals surface area contributed by atoms with Crippen molar-refractivity contribution in [2.45, 2.75) is 6.42 Å². The lowest BCUT2D eigenvalue weighted by Crippen LogP contribution is -1.97. The highest BCUT2D eigenvalue weighted by Crippen LogP contribution is 2.24. The van der Waals surface area contributed by atoms with E-state index in [1.807, 2.05) is 30.3 Å². The second-order valence-corrected chi connectivity index (χ2v) is 4.92. The van der Waals surface area contributed by atoms with Gasteiger partial charge in [-0.25, -0.2) is 9.97 Å². The molecule has 84 valence electrons. The first-order valence-corrected chi connectivity index (χ1v) is 6.18. The van der Waals surface area contributed by atoms with E-state index in [1.54, 1.807) is 17.5 Å². The number of nitrogens with zero attached hydrogens (tertiary/aromatic N) is 2. The zero-order valence-corrected chi connectivity index (χ0v) is 9.95. The van der Waals surface area contributed by atoms with Crippen LogP contribution in [-0.2, 0) is 6.42 Å². The van der Waals surface area contributed by atoms with Crippen LogP contribution in [0.2, 0.25) is 0 Å². The van der Waals surface area contributed by atoms with Gasteiger partial charge in [0.1, 0.15) is 5.82 Å². The van der Waals surface area contributed by atoms with Crippen molar-refractivity contribution in [3.05, 3.63) is 53.2 Å². The molecule has 3 rings (SSSR count). The van der Waals surface area contributed by atoms with Gasteiger partial charge in [-0.2, -0.15) is 0 Å². The number of thiazole rings is 1.